The van der Waals surface area contributed by atoms with Crippen molar-refractivity contribution < 1.29 is 17.2 Å². The molecule has 8 nitrogen and oxygen atoms in total. The van der Waals surface area contributed by atoms with Crippen molar-refractivity contribution in [2.75, 3.05) is 26.2 Å². The molecular weight excluding hydrogens is 470 g/mol. The van der Waals surface area contributed by atoms with E-state index in [2.05, 4.69) is 11.9 Å². The largest absolute Gasteiger partial charge is 0.300 e. The van der Waals surface area contributed by atoms with Crippen molar-refractivity contribution >= 4 is 22.2 Å². The van der Waals surface area contributed by atoms with Crippen molar-refractivity contribution in [3.8, 4) is 11.4 Å². The number of hydrogen-bond acceptors (Lipinski definition) is 6. The first-order valence-corrected chi connectivity index (χ1v) is 12.4. The lowest BCUT2D eigenvalue weighted by atomic mass is 10.2. The quantitative estimate of drug-likeness (QED) is 0.470. The molecule has 0 bridgehead atoms. The van der Waals surface area contributed by atoms with Crippen LogP contribution >= 0.6 is 12.2 Å². The smallest absolute Gasteiger partial charge is 0.249 e. The number of pyridine rings is 1. The Kier molecular flexibility index (Phi) is 6.98. The fourth-order valence-corrected chi connectivity index (χ4v) is 5.64. The van der Waals surface area contributed by atoms with Crippen LogP contribution in [0.3, 0.4) is 0 Å². The van der Waals surface area contributed by atoms with Crippen molar-refractivity contribution in [1.82, 2.24) is 28.5 Å². The molecule has 33 heavy (non-hydrogen) atoms. The van der Waals surface area contributed by atoms with Gasteiger partial charge in [0, 0.05) is 50.7 Å². The topological polar surface area (TPSA) is 76.3 Å². The number of hydrogen-bond donors (Lipinski definition) is 0. The molecule has 1 aromatic carbocycles. The van der Waals surface area contributed by atoms with Crippen molar-refractivity contribution in [2.45, 2.75) is 31.5 Å². The molecule has 1 saturated heterocycles. The van der Waals surface area contributed by atoms with Gasteiger partial charge in [-0.1, -0.05) is 13.0 Å². The second-order valence-electron chi connectivity index (χ2n) is 7.71. The number of benzene rings is 1. The molecule has 12 heteroatoms. The average molecular weight is 495 g/mol. The van der Waals surface area contributed by atoms with Gasteiger partial charge in [-0.25, -0.2) is 21.9 Å². The van der Waals surface area contributed by atoms with E-state index in [-0.39, 0.29) is 13.1 Å². The van der Waals surface area contributed by atoms with E-state index in [1.165, 1.54) is 0 Å². The van der Waals surface area contributed by atoms with E-state index < -0.39 is 26.6 Å². The van der Waals surface area contributed by atoms with Crippen LogP contribution in [-0.2, 0) is 23.2 Å². The van der Waals surface area contributed by atoms with Gasteiger partial charge in [0.2, 0.25) is 10.0 Å². The molecule has 0 unspecified atom stereocenters. The van der Waals surface area contributed by atoms with Gasteiger partial charge in [-0.2, -0.15) is 9.40 Å². The summed E-state index contributed by atoms with van der Waals surface area (Å²) in [6, 6.07) is 6.78. The summed E-state index contributed by atoms with van der Waals surface area (Å²) in [5.74, 6) is -1.43. The lowest BCUT2D eigenvalue weighted by Crippen LogP contribution is -2.49. The molecule has 3 heterocycles. The number of rotatable bonds is 7. The molecule has 0 spiro atoms. The maximum Gasteiger partial charge on any atom is 0.249 e. The summed E-state index contributed by atoms with van der Waals surface area (Å²) in [7, 11) is -4.27. The van der Waals surface area contributed by atoms with Crippen molar-refractivity contribution in [1.29, 1.82) is 0 Å². The zero-order valence-corrected chi connectivity index (χ0v) is 19.7. The summed E-state index contributed by atoms with van der Waals surface area (Å²) in [6.07, 6.45) is 4.29. The SMILES string of the molecule is CCCn1c(-c2ccncc2)nn(CN2CCN(S(=O)(=O)c3c(F)cccc3F)CC2)c1=S. The van der Waals surface area contributed by atoms with Gasteiger partial charge in [-0.3, -0.25) is 14.5 Å². The highest BCUT2D eigenvalue weighted by atomic mass is 32.2. The minimum atomic E-state index is -4.27. The van der Waals surface area contributed by atoms with Crippen molar-refractivity contribution in [3.05, 3.63) is 59.1 Å². The molecule has 1 fully saturated rings. The van der Waals surface area contributed by atoms with Gasteiger partial charge in [-0.05, 0) is 42.9 Å². The summed E-state index contributed by atoms with van der Waals surface area (Å²) in [6.45, 7) is 4.14. The first-order valence-electron chi connectivity index (χ1n) is 10.6. The Bertz CT molecular complexity index is 1270. The van der Waals surface area contributed by atoms with Crippen LogP contribution in [0.1, 0.15) is 13.3 Å². The summed E-state index contributed by atoms with van der Waals surface area (Å²) < 4.78 is 59.1. The van der Waals surface area contributed by atoms with E-state index >= 15 is 0 Å². The molecule has 2 aromatic heterocycles. The molecule has 1 aliphatic heterocycles. The van der Waals surface area contributed by atoms with E-state index in [1.807, 2.05) is 21.6 Å². The second-order valence-corrected chi connectivity index (χ2v) is 9.95. The lowest BCUT2D eigenvalue weighted by Gasteiger charge is -2.33. The number of aromatic nitrogens is 4. The highest BCUT2D eigenvalue weighted by Crippen LogP contribution is 2.24. The number of nitrogens with zero attached hydrogens (tertiary/aromatic N) is 6. The Labute approximate surface area is 196 Å². The van der Waals surface area contributed by atoms with Crippen molar-refractivity contribution in [3.63, 3.8) is 0 Å². The zero-order valence-electron chi connectivity index (χ0n) is 18.1. The maximum atomic E-state index is 14.1. The fraction of sp³-hybridized carbons (Fsp3) is 0.381. The highest BCUT2D eigenvalue weighted by molar-refractivity contribution is 7.89. The fourth-order valence-electron chi connectivity index (χ4n) is 3.83. The normalized spacial score (nSPS) is 15.7. The standard InChI is InChI=1S/C21H24F2N6O2S2/c1-2-10-28-20(16-6-8-24-9-7-16)25-29(21(28)32)15-26-11-13-27(14-12-26)33(30,31)19-17(22)4-3-5-18(19)23/h3-9H,2,10-15H2,1H3. The summed E-state index contributed by atoms with van der Waals surface area (Å²) in [5, 5.41) is 4.71. The van der Waals surface area contributed by atoms with Gasteiger partial charge in [0.1, 0.15) is 11.6 Å². The van der Waals surface area contributed by atoms with Crippen molar-refractivity contribution in [2.24, 2.45) is 0 Å². The molecule has 0 amide bonds. The van der Waals surface area contributed by atoms with Gasteiger partial charge in [0.05, 0.1) is 6.67 Å². The van der Waals surface area contributed by atoms with Gasteiger partial charge in [0.25, 0.3) is 0 Å². The molecule has 1 aliphatic rings. The van der Waals surface area contributed by atoms with Crippen LogP contribution < -0.4 is 0 Å². The Morgan fingerprint density at radius 1 is 1.03 bits per heavy atom. The van der Waals surface area contributed by atoms with Crippen LogP contribution in [0.2, 0.25) is 0 Å². The van der Waals surface area contributed by atoms with Gasteiger partial charge in [-0.15, -0.1) is 0 Å². The molecular formula is C21H24F2N6O2S2. The third kappa shape index (κ3) is 4.74. The lowest BCUT2D eigenvalue weighted by molar-refractivity contribution is 0.144. The molecule has 0 saturated carbocycles. The Hall–Kier alpha value is -2.54. The van der Waals surface area contributed by atoms with E-state index in [9.17, 15) is 17.2 Å². The third-order valence-electron chi connectivity index (χ3n) is 5.49. The summed E-state index contributed by atoms with van der Waals surface area (Å²) in [4.78, 5) is 5.16. The molecule has 0 aliphatic carbocycles. The van der Waals surface area contributed by atoms with E-state index in [0.29, 0.717) is 24.5 Å². The molecule has 4 rings (SSSR count). The van der Waals surface area contributed by atoms with Gasteiger partial charge in [0.15, 0.2) is 15.5 Å². The molecule has 176 valence electrons. The molecule has 3 aromatic rings. The second kappa shape index (κ2) is 9.75. The van der Waals surface area contributed by atoms with Crippen LogP contribution in [0.15, 0.2) is 47.6 Å². The van der Waals surface area contributed by atoms with Crippen LogP contribution in [0.5, 0.6) is 0 Å². The van der Waals surface area contributed by atoms with E-state index in [4.69, 9.17) is 17.3 Å². The van der Waals surface area contributed by atoms with Crippen LogP contribution in [0.25, 0.3) is 11.4 Å². The first-order chi connectivity index (χ1) is 15.8. The predicted octanol–water partition coefficient (Wildman–Crippen LogP) is 3.13. The van der Waals surface area contributed by atoms with Gasteiger partial charge < -0.3 is 0 Å². The Balaban J connectivity index is 1.50. The highest BCUT2D eigenvalue weighted by Gasteiger charge is 2.33. The zero-order chi connectivity index (χ0) is 23.6. The molecule has 0 N–H and O–H groups in total. The van der Waals surface area contributed by atoms with Gasteiger partial charge >= 0.3 is 0 Å². The first kappa shape index (κ1) is 23.6. The molecule has 0 atom stereocenters. The van der Waals surface area contributed by atoms with E-state index in [0.717, 1.165) is 46.9 Å². The average Bonchev–Trinajstić information content (AvgIpc) is 3.10. The van der Waals surface area contributed by atoms with Crippen LogP contribution in [-0.4, -0.2) is 63.1 Å². The summed E-state index contributed by atoms with van der Waals surface area (Å²) >= 11 is 5.65. The maximum absolute atomic E-state index is 14.1. The molecule has 0 radical (unpaired) electrons. The predicted molar refractivity (Wildman–Crippen MR) is 121 cm³/mol. The van der Waals surface area contributed by atoms with E-state index in [1.54, 1.807) is 17.1 Å². The number of sulfonamides is 1. The number of piperazine rings is 1. The Morgan fingerprint density at radius 3 is 2.27 bits per heavy atom. The van der Waals surface area contributed by atoms with Crippen LogP contribution in [0, 0.1) is 16.4 Å². The monoisotopic (exact) mass is 494 g/mol. The minimum Gasteiger partial charge on any atom is -0.300 e. The summed E-state index contributed by atoms with van der Waals surface area (Å²) in [5.41, 5.74) is 0.908. The Morgan fingerprint density at radius 2 is 1.67 bits per heavy atom. The minimum absolute atomic E-state index is 0.107. The van der Waals surface area contributed by atoms with Crippen LogP contribution in [0.4, 0.5) is 8.78 Å². The number of halogens is 2. The third-order valence-corrected chi connectivity index (χ3v) is 7.87.